The summed E-state index contributed by atoms with van der Waals surface area (Å²) in [5.74, 6) is 1.88. The fourth-order valence-corrected chi connectivity index (χ4v) is 3.68. The van der Waals surface area contributed by atoms with E-state index in [0.29, 0.717) is 0 Å². The highest BCUT2D eigenvalue weighted by Crippen LogP contribution is 2.21. The van der Waals surface area contributed by atoms with Crippen LogP contribution in [0, 0.1) is 5.92 Å². The van der Waals surface area contributed by atoms with Crippen molar-refractivity contribution in [2.75, 3.05) is 39.3 Å². The van der Waals surface area contributed by atoms with Gasteiger partial charge in [0.25, 0.3) is 0 Å². The van der Waals surface area contributed by atoms with Gasteiger partial charge in [-0.1, -0.05) is 30.3 Å². The van der Waals surface area contributed by atoms with E-state index in [4.69, 9.17) is 0 Å². The van der Waals surface area contributed by atoms with Crippen molar-refractivity contribution in [3.8, 4) is 0 Å². The highest BCUT2D eigenvalue weighted by Gasteiger charge is 2.18. The van der Waals surface area contributed by atoms with Crippen molar-refractivity contribution in [3.63, 3.8) is 0 Å². The highest BCUT2D eigenvalue weighted by atomic mass is 15.2. The van der Waals surface area contributed by atoms with Crippen LogP contribution in [0.1, 0.15) is 37.7 Å². The number of benzene rings is 1. The second kappa shape index (κ2) is 9.67. The minimum absolute atomic E-state index is 0.876. The Kier molecular flexibility index (Phi) is 6.97. The van der Waals surface area contributed by atoms with Crippen LogP contribution in [-0.2, 0) is 6.42 Å². The van der Waals surface area contributed by atoms with E-state index in [1.54, 1.807) is 0 Å². The minimum Gasteiger partial charge on any atom is -0.356 e. The number of rotatable bonds is 7. The van der Waals surface area contributed by atoms with Crippen LogP contribution in [0.3, 0.4) is 0 Å². The zero-order valence-electron chi connectivity index (χ0n) is 14.8. The number of guanidine groups is 1. The van der Waals surface area contributed by atoms with Crippen LogP contribution in [0.15, 0.2) is 35.3 Å². The zero-order chi connectivity index (χ0) is 16.5. The number of likely N-dealkylation sites (tertiary alicyclic amines) is 1. The fourth-order valence-electron chi connectivity index (χ4n) is 3.68. The second-order valence-corrected chi connectivity index (χ2v) is 7.12. The molecule has 0 saturated carbocycles. The van der Waals surface area contributed by atoms with Crippen LogP contribution in [-0.4, -0.2) is 50.1 Å². The van der Waals surface area contributed by atoms with Gasteiger partial charge in [0.2, 0.25) is 0 Å². The molecule has 132 valence electrons. The highest BCUT2D eigenvalue weighted by molar-refractivity contribution is 5.80. The lowest BCUT2D eigenvalue weighted by molar-refractivity contribution is 0.181. The van der Waals surface area contributed by atoms with Crippen molar-refractivity contribution in [3.05, 3.63) is 35.9 Å². The molecule has 0 radical (unpaired) electrons. The Bertz CT molecular complexity index is 492. The van der Waals surface area contributed by atoms with Gasteiger partial charge in [0.15, 0.2) is 5.96 Å². The first-order valence-corrected chi connectivity index (χ1v) is 9.68. The molecule has 4 nitrogen and oxygen atoms in total. The number of aliphatic imine (C=N–C) groups is 1. The summed E-state index contributed by atoms with van der Waals surface area (Å²) >= 11 is 0. The average Bonchev–Trinajstić information content (AvgIpc) is 2.65. The molecule has 0 spiro atoms. The molecule has 3 rings (SSSR count). The lowest BCUT2D eigenvalue weighted by Gasteiger charge is -2.32. The van der Waals surface area contributed by atoms with E-state index in [1.165, 1.54) is 57.3 Å². The molecule has 4 heteroatoms. The largest absolute Gasteiger partial charge is 0.356 e. The molecule has 2 aliphatic heterocycles. The van der Waals surface area contributed by atoms with Crippen molar-refractivity contribution in [1.29, 1.82) is 0 Å². The molecular weight excluding hydrogens is 296 g/mol. The second-order valence-electron chi connectivity index (χ2n) is 7.12. The molecule has 0 unspecified atom stereocenters. The van der Waals surface area contributed by atoms with E-state index in [9.17, 15) is 0 Å². The first-order valence-electron chi connectivity index (χ1n) is 9.68. The summed E-state index contributed by atoms with van der Waals surface area (Å²) in [6, 6.07) is 11.0. The standard InChI is InChI=1S/C20H32N4/c1-2-7-18(8-3-1)17-19-9-15-24(16-10-19)14-5-4-11-21-20-22-12-6-13-23-20/h1-3,7-8,19H,4-6,9-17H2,(H2,21,22,23). The van der Waals surface area contributed by atoms with E-state index >= 15 is 0 Å². The quantitative estimate of drug-likeness (QED) is 0.756. The molecule has 1 aromatic rings. The number of unbranched alkanes of at least 4 members (excludes halogenated alkanes) is 1. The van der Waals surface area contributed by atoms with Crippen molar-refractivity contribution in [2.24, 2.45) is 10.9 Å². The Balaban J connectivity index is 1.24. The normalized spacial score (nSPS) is 19.6. The van der Waals surface area contributed by atoms with Gasteiger partial charge in [0.05, 0.1) is 0 Å². The van der Waals surface area contributed by atoms with Gasteiger partial charge in [0, 0.05) is 19.6 Å². The Hall–Kier alpha value is -1.55. The lowest BCUT2D eigenvalue weighted by Crippen LogP contribution is -2.41. The van der Waals surface area contributed by atoms with Gasteiger partial charge in [0.1, 0.15) is 0 Å². The summed E-state index contributed by atoms with van der Waals surface area (Å²) in [5.41, 5.74) is 1.50. The van der Waals surface area contributed by atoms with Crippen molar-refractivity contribution < 1.29 is 0 Å². The average molecular weight is 329 g/mol. The maximum atomic E-state index is 4.44. The SMILES string of the molecule is c1ccc(CC2CCN(CCCCNC3=NCCCN3)CC2)cc1. The molecule has 2 aliphatic rings. The Morgan fingerprint density at radius 1 is 1.12 bits per heavy atom. The smallest absolute Gasteiger partial charge is 0.191 e. The van der Waals surface area contributed by atoms with E-state index in [0.717, 1.165) is 37.9 Å². The number of nitrogens with zero attached hydrogens (tertiary/aromatic N) is 2. The number of nitrogens with one attached hydrogen (secondary N) is 2. The predicted molar refractivity (Wildman–Crippen MR) is 101 cm³/mol. The predicted octanol–water partition coefficient (Wildman–Crippen LogP) is 2.66. The number of hydrogen-bond acceptors (Lipinski definition) is 4. The monoisotopic (exact) mass is 328 g/mol. The summed E-state index contributed by atoms with van der Waals surface area (Å²) in [6.07, 6.45) is 7.63. The molecule has 2 heterocycles. The zero-order valence-corrected chi connectivity index (χ0v) is 14.8. The van der Waals surface area contributed by atoms with Crippen LogP contribution in [0.25, 0.3) is 0 Å². The molecule has 1 fully saturated rings. The third-order valence-electron chi connectivity index (χ3n) is 5.17. The van der Waals surface area contributed by atoms with Gasteiger partial charge in [-0.15, -0.1) is 0 Å². The number of piperidine rings is 1. The molecule has 1 saturated heterocycles. The fraction of sp³-hybridized carbons (Fsp3) is 0.650. The third kappa shape index (κ3) is 5.82. The summed E-state index contributed by atoms with van der Waals surface area (Å²) < 4.78 is 0. The van der Waals surface area contributed by atoms with Crippen molar-refractivity contribution in [2.45, 2.75) is 38.5 Å². The van der Waals surface area contributed by atoms with Gasteiger partial charge >= 0.3 is 0 Å². The molecule has 0 bridgehead atoms. The van der Waals surface area contributed by atoms with Crippen LogP contribution in [0.4, 0.5) is 0 Å². The Labute approximate surface area is 146 Å². The molecular formula is C20H32N4. The van der Waals surface area contributed by atoms with Crippen LogP contribution >= 0.6 is 0 Å². The molecule has 0 aliphatic carbocycles. The maximum Gasteiger partial charge on any atom is 0.191 e. The van der Waals surface area contributed by atoms with Gasteiger partial charge in [-0.3, -0.25) is 4.99 Å². The summed E-state index contributed by atoms with van der Waals surface area (Å²) in [4.78, 5) is 7.09. The lowest BCUT2D eigenvalue weighted by atomic mass is 9.90. The molecule has 0 atom stereocenters. The van der Waals surface area contributed by atoms with E-state index < -0.39 is 0 Å². The van der Waals surface area contributed by atoms with Gasteiger partial charge in [-0.2, -0.15) is 0 Å². The van der Waals surface area contributed by atoms with E-state index in [-0.39, 0.29) is 0 Å². The first kappa shape index (κ1) is 17.3. The molecule has 1 aromatic carbocycles. The third-order valence-corrected chi connectivity index (χ3v) is 5.17. The van der Waals surface area contributed by atoms with Crippen molar-refractivity contribution in [1.82, 2.24) is 15.5 Å². The van der Waals surface area contributed by atoms with Crippen LogP contribution in [0.5, 0.6) is 0 Å². The van der Waals surface area contributed by atoms with Crippen LogP contribution < -0.4 is 10.6 Å². The number of hydrogen-bond donors (Lipinski definition) is 2. The Morgan fingerprint density at radius 2 is 1.96 bits per heavy atom. The first-order chi connectivity index (χ1) is 11.9. The maximum absolute atomic E-state index is 4.44. The summed E-state index contributed by atoms with van der Waals surface area (Å²) in [5, 5.41) is 6.73. The summed E-state index contributed by atoms with van der Waals surface area (Å²) in [6.45, 7) is 6.87. The Morgan fingerprint density at radius 3 is 2.71 bits per heavy atom. The van der Waals surface area contributed by atoms with Gasteiger partial charge < -0.3 is 15.5 Å². The van der Waals surface area contributed by atoms with Gasteiger partial charge in [-0.25, -0.2) is 0 Å². The topological polar surface area (TPSA) is 39.7 Å². The molecule has 0 amide bonds. The minimum atomic E-state index is 0.876. The summed E-state index contributed by atoms with van der Waals surface area (Å²) in [7, 11) is 0. The van der Waals surface area contributed by atoms with Gasteiger partial charge in [-0.05, 0) is 69.6 Å². The van der Waals surface area contributed by atoms with E-state index in [1.807, 2.05) is 0 Å². The molecule has 0 aromatic heterocycles. The molecule has 24 heavy (non-hydrogen) atoms. The van der Waals surface area contributed by atoms with Crippen molar-refractivity contribution >= 4 is 5.96 Å². The van der Waals surface area contributed by atoms with E-state index in [2.05, 4.69) is 50.9 Å². The molecule has 2 N–H and O–H groups in total. The van der Waals surface area contributed by atoms with Crippen LogP contribution in [0.2, 0.25) is 0 Å².